The summed E-state index contributed by atoms with van der Waals surface area (Å²) in [6.07, 6.45) is 0.374. The third-order valence-corrected chi connectivity index (χ3v) is 2.54. The second-order valence-electron chi connectivity index (χ2n) is 3.88. The van der Waals surface area contributed by atoms with Crippen LogP contribution in [-0.2, 0) is 4.79 Å². The lowest BCUT2D eigenvalue weighted by Crippen LogP contribution is -2.32. The molecular weight excluding hydrogens is 268 g/mol. The number of methoxy groups -OCH3 is 1. The molecule has 19 heavy (non-hydrogen) atoms. The number of carbonyl (C=O) groups excluding carboxylic acids is 1. The lowest BCUT2D eigenvalue weighted by atomic mass is 10.3. The van der Waals surface area contributed by atoms with E-state index >= 15 is 0 Å². The van der Waals surface area contributed by atoms with E-state index in [0.717, 1.165) is 11.5 Å². The molecule has 0 bridgehead atoms. The smallest absolute Gasteiger partial charge is 0.223 e. The highest BCUT2D eigenvalue weighted by Crippen LogP contribution is 2.16. The summed E-state index contributed by atoms with van der Waals surface area (Å²) < 4.78 is 10.6. The minimum Gasteiger partial charge on any atom is -0.497 e. The minimum atomic E-state index is 0. The predicted octanol–water partition coefficient (Wildman–Crippen LogP) is 1.30. The van der Waals surface area contributed by atoms with Crippen LogP contribution in [-0.4, -0.2) is 44.7 Å². The zero-order chi connectivity index (χ0) is 13.4. The van der Waals surface area contributed by atoms with Crippen molar-refractivity contribution in [2.24, 2.45) is 5.73 Å². The fraction of sp³-hybridized carbons (Fsp3) is 0.462. The van der Waals surface area contributed by atoms with Gasteiger partial charge in [0.1, 0.15) is 18.1 Å². The number of rotatable bonds is 7. The molecular formula is C13H21ClN2O3. The van der Waals surface area contributed by atoms with Crippen molar-refractivity contribution in [1.82, 2.24) is 4.90 Å². The van der Waals surface area contributed by atoms with Gasteiger partial charge in [-0.15, -0.1) is 12.4 Å². The molecule has 0 aliphatic carbocycles. The highest BCUT2D eigenvalue weighted by atomic mass is 35.5. The van der Waals surface area contributed by atoms with Crippen LogP contribution < -0.4 is 15.2 Å². The number of likely N-dealkylation sites (N-methyl/N-ethyl adjacent to an activating group) is 1. The number of nitrogens with two attached hydrogens (primary N) is 1. The Balaban J connectivity index is 0.00000324. The largest absolute Gasteiger partial charge is 0.497 e. The average molecular weight is 289 g/mol. The number of ether oxygens (including phenoxy) is 2. The summed E-state index contributed by atoms with van der Waals surface area (Å²) in [6.45, 7) is 1.38. The number of amides is 1. The number of carbonyl (C=O) groups is 1. The summed E-state index contributed by atoms with van der Waals surface area (Å²) >= 11 is 0. The molecule has 2 N–H and O–H groups in total. The molecule has 1 aromatic carbocycles. The molecule has 1 rings (SSSR count). The molecule has 0 fully saturated rings. The van der Waals surface area contributed by atoms with Crippen LogP contribution in [0.3, 0.4) is 0 Å². The van der Waals surface area contributed by atoms with Crippen LogP contribution in [0.1, 0.15) is 6.42 Å². The van der Waals surface area contributed by atoms with E-state index < -0.39 is 0 Å². The third-order valence-electron chi connectivity index (χ3n) is 2.54. The summed E-state index contributed by atoms with van der Waals surface area (Å²) in [6, 6.07) is 7.33. The fourth-order valence-electron chi connectivity index (χ4n) is 1.41. The first-order chi connectivity index (χ1) is 8.67. The van der Waals surface area contributed by atoms with E-state index in [4.69, 9.17) is 15.2 Å². The number of nitrogens with zero attached hydrogens (tertiary/aromatic N) is 1. The first-order valence-corrected chi connectivity index (χ1v) is 5.88. The number of benzene rings is 1. The maximum absolute atomic E-state index is 11.4. The molecule has 0 atom stereocenters. The summed E-state index contributed by atoms with van der Waals surface area (Å²) in [7, 11) is 3.36. The van der Waals surface area contributed by atoms with Gasteiger partial charge < -0.3 is 20.1 Å². The Morgan fingerprint density at radius 1 is 1.26 bits per heavy atom. The molecule has 0 radical (unpaired) electrons. The van der Waals surface area contributed by atoms with Crippen LogP contribution in [0.4, 0.5) is 0 Å². The molecule has 0 aliphatic heterocycles. The van der Waals surface area contributed by atoms with Crippen LogP contribution in [0.15, 0.2) is 24.3 Å². The van der Waals surface area contributed by atoms with Gasteiger partial charge in [0, 0.05) is 20.0 Å². The van der Waals surface area contributed by atoms with E-state index in [0.29, 0.717) is 26.1 Å². The van der Waals surface area contributed by atoms with Crippen LogP contribution in [0.5, 0.6) is 11.5 Å². The highest BCUT2D eigenvalue weighted by Gasteiger charge is 2.06. The second kappa shape index (κ2) is 9.47. The zero-order valence-electron chi connectivity index (χ0n) is 11.3. The molecule has 6 heteroatoms. The summed E-state index contributed by atoms with van der Waals surface area (Å²) in [5.41, 5.74) is 5.32. The molecule has 1 amide bonds. The maximum atomic E-state index is 11.4. The number of hydrogen-bond acceptors (Lipinski definition) is 4. The molecule has 108 valence electrons. The quantitative estimate of drug-likeness (QED) is 0.821. The normalized spacial score (nSPS) is 9.42. The van der Waals surface area contributed by atoms with Crippen LogP contribution in [0.25, 0.3) is 0 Å². The van der Waals surface area contributed by atoms with Gasteiger partial charge in [0.05, 0.1) is 13.7 Å². The van der Waals surface area contributed by atoms with Gasteiger partial charge in [0.15, 0.2) is 0 Å². The fourth-order valence-corrected chi connectivity index (χ4v) is 1.41. The molecule has 0 unspecified atom stereocenters. The van der Waals surface area contributed by atoms with Crippen LogP contribution in [0, 0.1) is 0 Å². The standard InChI is InChI=1S/C13H20N2O3.ClH/c1-15(13(16)7-8-14)9-10-18-12-5-3-11(17-2)4-6-12;/h3-6H,7-10,14H2,1-2H3;1H. The first kappa shape index (κ1) is 17.5. The van der Waals surface area contributed by atoms with Crippen molar-refractivity contribution >= 4 is 18.3 Å². The minimum absolute atomic E-state index is 0. The Bertz CT molecular complexity index is 371. The first-order valence-electron chi connectivity index (χ1n) is 5.88. The van der Waals surface area contributed by atoms with Crippen molar-refractivity contribution in [1.29, 1.82) is 0 Å². The molecule has 0 saturated heterocycles. The highest BCUT2D eigenvalue weighted by molar-refractivity contribution is 5.85. The van der Waals surface area contributed by atoms with E-state index in [9.17, 15) is 4.79 Å². The average Bonchev–Trinajstić information content (AvgIpc) is 2.39. The van der Waals surface area contributed by atoms with E-state index in [1.54, 1.807) is 19.1 Å². The van der Waals surface area contributed by atoms with Gasteiger partial charge in [0.2, 0.25) is 5.91 Å². The van der Waals surface area contributed by atoms with Gasteiger partial charge in [-0.3, -0.25) is 4.79 Å². The van der Waals surface area contributed by atoms with Gasteiger partial charge in [-0.1, -0.05) is 0 Å². The monoisotopic (exact) mass is 288 g/mol. The second-order valence-corrected chi connectivity index (χ2v) is 3.88. The Labute approximate surface area is 120 Å². The van der Waals surface area contributed by atoms with Gasteiger partial charge in [0.25, 0.3) is 0 Å². The lowest BCUT2D eigenvalue weighted by molar-refractivity contribution is -0.130. The molecule has 0 heterocycles. The van der Waals surface area contributed by atoms with E-state index in [1.165, 1.54) is 0 Å². The number of hydrogen-bond donors (Lipinski definition) is 1. The van der Waals surface area contributed by atoms with Crippen LogP contribution in [0.2, 0.25) is 0 Å². The van der Waals surface area contributed by atoms with E-state index in [-0.39, 0.29) is 18.3 Å². The molecule has 0 aromatic heterocycles. The van der Waals surface area contributed by atoms with Crippen molar-refractivity contribution < 1.29 is 14.3 Å². The molecule has 5 nitrogen and oxygen atoms in total. The van der Waals surface area contributed by atoms with Gasteiger partial charge in [-0.2, -0.15) is 0 Å². The van der Waals surface area contributed by atoms with Gasteiger partial charge >= 0.3 is 0 Å². The SMILES string of the molecule is COc1ccc(OCCN(C)C(=O)CCN)cc1.Cl. The number of halogens is 1. The van der Waals surface area contributed by atoms with Crippen molar-refractivity contribution in [2.75, 3.05) is 33.9 Å². The molecule has 0 aliphatic rings. The summed E-state index contributed by atoms with van der Waals surface area (Å²) in [4.78, 5) is 13.1. The third kappa shape index (κ3) is 6.31. The van der Waals surface area contributed by atoms with Gasteiger partial charge in [-0.05, 0) is 24.3 Å². The topological polar surface area (TPSA) is 64.8 Å². The van der Waals surface area contributed by atoms with Crippen molar-refractivity contribution in [3.05, 3.63) is 24.3 Å². The van der Waals surface area contributed by atoms with Crippen molar-refractivity contribution in [3.8, 4) is 11.5 Å². The summed E-state index contributed by atoms with van der Waals surface area (Å²) in [5.74, 6) is 1.59. The Morgan fingerprint density at radius 3 is 2.37 bits per heavy atom. The maximum Gasteiger partial charge on any atom is 0.223 e. The lowest BCUT2D eigenvalue weighted by Gasteiger charge is -2.17. The van der Waals surface area contributed by atoms with E-state index in [1.807, 2.05) is 24.3 Å². The van der Waals surface area contributed by atoms with Crippen LogP contribution >= 0.6 is 12.4 Å². The summed E-state index contributed by atoms with van der Waals surface area (Å²) in [5, 5.41) is 0. The Hall–Kier alpha value is -1.46. The predicted molar refractivity (Wildman–Crippen MR) is 77.0 cm³/mol. The molecule has 1 aromatic rings. The van der Waals surface area contributed by atoms with Crippen molar-refractivity contribution in [2.45, 2.75) is 6.42 Å². The molecule has 0 saturated carbocycles. The van der Waals surface area contributed by atoms with Crippen molar-refractivity contribution in [3.63, 3.8) is 0 Å². The van der Waals surface area contributed by atoms with E-state index in [2.05, 4.69) is 0 Å². The zero-order valence-corrected chi connectivity index (χ0v) is 12.1. The Kier molecular flexibility index (Phi) is 8.74. The Morgan fingerprint density at radius 2 is 1.84 bits per heavy atom. The van der Waals surface area contributed by atoms with Gasteiger partial charge in [-0.25, -0.2) is 0 Å². The molecule has 0 spiro atoms.